The molecule has 2 amide bonds. The molecule has 1 fully saturated rings. The topological polar surface area (TPSA) is 75.2 Å². The Kier molecular flexibility index (Phi) is 6.87. The Morgan fingerprint density at radius 1 is 1.00 bits per heavy atom. The molecule has 0 spiro atoms. The van der Waals surface area contributed by atoms with E-state index in [9.17, 15) is 9.59 Å². The van der Waals surface area contributed by atoms with E-state index in [1.54, 1.807) is 17.7 Å². The van der Waals surface area contributed by atoms with Crippen molar-refractivity contribution in [2.24, 2.45) is 5.92 Å². The molecule has 0 saturated carbocycles. The van der Waals surface area contributed by atoms with Crippen LogP contribution in [0.2, 0.25) is 0 Å². The van der Waals surface area contributed by atoms with Crippen LogP contribution < -0.4 is 5.32 Å². The number of amides is 2. The molecule has 3 heterocycles. The fourth-order valence-corrected chi connectivity index (χ4v) is 6.02. The number of aromatic nitrogens is 2. The highest BCUT2D eigenvalue weighted by Crippen LogP contribution is 2.36. The van der Waals surface area contributed by atoms with Gasteiger partial charge in [0.15, 0.2) is 0 Å². The number of carbonyl (C=O) groups excluding carboxylic acids is 2. The lowest BCUT2D eigenvalue weighted by Crippen LogP contribution is -2.42. The lowest BCUT2D eigenvalue weighted by molar-refractivity contribution is -0.132. The van der Waals surface area contributed by atoms with Crippen LogP contribution in [0.5, 0.6) is 0 Å². The second-order valence-electron chi connectivity index (χ2n) is 8.17. The first-order valence-electron chi connectivity index (χ1n) is 11.2. The molecular formula is C26H24N4O2S2. The van der Waals surface area contributed by atoms with Gasteiger partial charge in [-0.05, 0) is 36.6 Å². The van der Waals surface area contributed by atoms with Crippen molar-refractivity contribution in [3.05, 3.63) is 73.1 Å². The standard InChI is InChI=1S/C26H24N4O2S2/c31-23(30-13-11-19(12-14-30)24(32)29-20-9-5-2-6-10-20)16-33-25-21-15-22(18-7-3-1-4-8-18)34-26(21)28-17-27-25/h1-10,15,17,19H,11-14,16H2,(H,29,32). The Bertz CT molecular complexity index is 1290. The number of benzene rings is 2. The smallest absolute Gasteiger partial charge is 0.232 e. The molecule has 0 aliphatic carbocycles. The van der Waals surface area contributed by atoms with Crippen molar-refractivity contribution < 1.29 is 9.59 Å². The Hall–Kier alpha value is -3.23. The highest BCUT2D eigenvalue weighted by molar-refractivity contribution is 8.00. The number of para-hydroxylation sites is 1. The number of rotatable bonds is 6. The molecule has 4 aromatic rings. The van der Waals surface area contributed by atoms with Gasteiger partial charge in [0.25, 0.3) is 0 Å². The molecule has 0 atom stereocenters. The van der Waals surface area contributed by atoms with Crippen LogP contribution in [-0.2, 0) is 9.59 Å². The van der Waals surface area contributed by atoms with Crippen molar-refractivity contribution in [2.45, 2.75) is 17.9 Å². The van der Waals surface area contributed by atoms with Crippen molar-refractivity contribution in [3.8, 4) is 10.4 Å². The zero-order chi connectivity index (χ0) is 23.3. The highest BCUT2D eigenvalue weighted by Gasteiger charge is 2.27. The molecule has 6 nitrogen and oxygen atoms in total. The maximum atomic E-state index is 12.9. The maximum absolute atomic E-state index is 12.9. The van der Waals surface area contributed by atoms with E-state index >= 15 is 0 Å². The van der Waals surface area contributed by atoms with Gasteiger partial charge in [-0.15, -0.1) is 11.3 Å². The first kappa shape index (κ1) is 22.6. The van der Waals surface area contributed by atoms with Gasteiger partial charge < -0.3 is 10.2 Å². The average Bonchev–Trinajstić information content (AvgIpc) is 3.34. The van der Waals surface area contributed by atoms with Gasteiger partial charge in [-0.2, -0.15) is 0 Å². The van der Waals surface area contributed by atoms with Crippen LogP contribution >= 0.6 is 23.1 Å². The van der Waals surface area contributed by atoms with Gasteiger partial charge in [-0.1, -0.05) is 60.3 Å². The van der Waals surface area contributed by atoms with Crippen molar-refractivity contribution in [2.75, 3.05) is 24.2 Å². The van der Waals surface area contributed by atoms with Crippen LogP contribution in [0.15, 0.2) is 78.1 Å². The maximum Gasteiger partial charge on any atom is 0.232 e. The lowest BCUT2D eigenvalue weighted by Gasteiger charge is -2.31. The van der Waals surface area contributed by atoms with Gasteiger partial charge in [-0.3, -0.25) is 9.59 Å². The lowest BCUT2D eigenvalue weighted by atomic mass is 9.96. The number of likely N-dealkylation sites (tertiary alicyclic amines) is 1. The molecule has 1 aliphatic heterocycles. The second-order valence-corrected chi connectivity index (χ2v) is 10.2. The predicted molar refractivity (Wildman–Crippen MR) is 138 cm³/mol. The fourth-order valence-electron chi connectivity index (χ4n) is 4.07. The number of fused-ring (bicyclic) bond motifs is 1. The summed E-state index contributed by atoms with van der Waals surface area (Å²) in [6.07, 6.45) is 2.92. The molecule has 1 aliphatic rings. The highest BCUT2D eigenvalue weighted by atomic mass is 32.2. The van der Waals surface area contributed by atoms with Crippen molar-refractivity contribution in [1.29, 1.82) is 0 Å². The number of carbonyl (C=O) groups is 2. The van der Waals surface area contributed by atoms with Gasteiger partial charge >= 0.3 is 0 Å². The molecule has 0 unspecified atom stereocenters. The van der Waals surface area contributed by atoms with Gasteiger partial charge in [0, 0.05) is 35.0 Å². The van der Waals surface area contributed by atoms with Crippen LogP contribution in [0.1, 0.15) is 12.8 Å². The van der Waals surface area contributed by atoms with Crippen molar-refractivity contribution in [3.63, 3.8) is 0 Å². The number of thioether (sulfide) groups is 1. The summed E-state index contributed by atoms with van der Waals surface area (Å²) in [6, 6.07) is 21.8. The third-order valence-electron chi connectivity index (χ3n) is 5.94. The molecule has 0 radical (unpaired) electrons. The van der Waals surface area contributed by atoms with Crippen molar-refractivity contribution in [1.82, 2.24) is 14.9 Å². The van der Waals surface area contributed by atoms with Gasteiger partial charge in [0.05, 0.1) is 5.75 Å². The normalized spacial score (nSPS) is 14.3. The summed E-state index contributed by atoms with van der Waals surface area (Å²) in [5, 5.41) is 4.79. The third kappa shape index (κ3) is 5.13. The monoisotopic (exact) mass is 488 g/mol. The van der Waals surface area contributed by atoms with E-state index < -0.39 is 0 Å². The molecular weight excluding hydrogens is 464 g/mol. The zero-order valence-corrected chi connectivity index (χ0v) is 20.1. The van der Waals surface area contributed by atoms with Crippen LogP contribution in [0.4, 0.5) is 5.69 Å². The molecule has 0 bridgehead atoms. The molecule has 1 saturated heterocycles. The largest absolute Gasteiger partial charge is 0.342 e. The van der Waals surface area contributed by atoms with E-state index in [1.807, 2.05) is 53.4 Å². The minimum Gasteiger partial charge on any atom is -0.342 e. The zero-order valence-electron chi connectivity index (χ0n) is 18.5. The summed E-state index contributed by atoms with van der Waals surface area (Å²) in [5.41, 5.74) is 1.96. The third-order valence-corrected chi connectivity index (χ3v) is 8.03. The van der Waals surface area contributed by atoms with E-state index in [2.05, 4.69) is 33.5 Å². The first-order valence-corrected chi connectivity index (χ1v) is 13.0. The van der Waals surface area contributed by atoms with E-state index in [0.717, 1.165) is 31.4 Å². The second kappa shape index (κ2) is 10.4. The summed E-state index contributed by atoms with van der Waals surface area (Å²) in [5.74, 6) is 0.365. The molecule has 172 valence electrons. The Balaban J connectivity index is 1.17. The molecule has 1 N–H and O–H groups in total. The summed E-state index contributed by atoms with van der Waals surface area (Å²) >= 11 is 3.09. The van der Waals surface area contributed by atoms with Gasteiger partial charge in [-0.25, -0.2) is 9.97 Å². The van der Waals surface area contributed by atoms with Gasteiger partial charge in [0.1, 0.15) is 16.2 Å². The number of piperidine rings is 1. The summed E-state index contributed by atoms with van der Waals surface area (Å²) in [6.45, 7) is 1.20. The molecule has 5 rings (SSSR count). The minimum atomic E-state index is -0.0689. The van der Waals surface area contributed by atoms with Crippen molar-refractivity contribution >= 4 is 50.8 Å². The SMILES string of the molecule is O=C(Nc1ccccc1)C1CCN(C(=O)CSc2ncnc3sc(-c4ccccc4)cc23)CC1. The van der Waals surface area contributed by atoms with E-state index in [-0.39, 0.29) is 17.7 Å². The fraction of sp³-hybridized carbons (Fsp3) is 0.231. The molecule has 2 aromatic heterocycles. The van der Waals surface area contributed by atoms with Gasteiger partial charge in [0.2, 0.25) is 11.8 Å². The number of thiophene rings is 1. The van der Waals surface area contributed by atoms with Crippen LogP contribution in [0, 0.1) is 5.92 Å². The quantitative estimate of drug-likeness (QED) is 0.293. The minimum absolute atomic E-state index is 0.0303. The van der Waals surface area contributed by atoms with E-state index in [1.165, 1.54) is 11.8 Å². The van der Waals surface area contributed by atoms with Crippen LogP contribution in [-0.4, -0.2) is 45.5 Å². The number of anilines is 1. The average molecular weight is 489 g/mol. The number of hydrogen-bond donors (Lipinski definition) is 1. The number of nitrogens with one attached hydrogen (secondary N) is 1. The Labute approximate surface area is 206 Å². The van der Waals surface area contributed by atoms with Crippen LogP contribution in [0.25, 0.3) is 20.7 Å². The van der Waals surface area contributed by atoms with E-state index in [4.69, 9.17) is 0 Å². The molecule has 2 aromatic carbocycles. The number of nitrogens with zero attached hydrogens (tertiary/aromatic N) is 3. The molecule has 34 heavy (non-hydrogen) atoms. The number of hydrogen-bond acceptors (Lipinski definition) is 6. The van der Waals surface area contributed by atoms with E-state index in [0.29, 0.717) is 31.7 Å². The Morgan fingerprint density at radius 2 is 1.71 bits per heavy atom. The summed E-state index contributed by atoms with van der Waals surface area (Å²) in [7, 11) is 0. The molecule has 8 heteroatoms. The summed E-state index contributed by atoms with van der Waals surface area (Å²) < 4.78 is 0. The predicted octanol–water partition coefficient (Wildman–Crippen LogP) is 5.33. The Morgan fingerprint density at radius 3 is 2.44 bits per heavy atom. The first-order chi connectivity index (χ1) is 16.7. The summed E-state index contributed by atoms with van der Waals surface area (Å²) in [4.78, 5) is 38.2. The van der Waals surface area contributed by atoms with Crippen LogP contribution in [0.3, 0.4) is 0 Å².